The van der Waals surface area contributed by atoms with E-state index in [0.29, 0.717) is 13.0 Å². The number of carbonyl (C=O) groups excluding carboxylic acids is 1. The van der Waals surface area contributed by atoms with E-state index in [1.807, 2.05) is 0 Å². The van der Waals surface area contributed by atoms with Crippen LogP contribution in [0.3, 0.4) is 0 Å². The van der Waals surface area contributed by atoms with Crippen molar-refractivity contribution in [1.82, 2.24) is 10.2 Å². The second-order valence-electron chi connectivity index (χ2n) is 5.00. The summed E-state index contributed by atoms with van der Waals surface area (Å²) >= 11 is 0. The summed E-state index contributed by atoms with van der Waals surface area (Å²) in [6.07, 6.45) is -2.94. The zero-order chi connectivity index (χ0) is 13.3. The van der Waals surface area contributed by atoms with E-state index in [1.54, 1.807) is 20.8 Å². The molecule has 0 spiro atoms. The van der Waals surface area contributed by atoms with Gasteiger partial charge in [0.05, 0.1) is 5.54 Å². The van der Waals surface area contributed by atoms with Gasteiger partial charge in [-0.3, -0.25) is 4.79 Å². The molecule has 1 rings (SSSR count). The number of hydrogen-bond acceptors (Lipinski definition) is 2. The van der Waals surface area contributed by atoms with E-state index in [2.05, 4.69) is 5.32 Å². The average Bonchev–Trinajstić information content (AvgIpc) is 2.60. The quantitative estimate of drug-likeness (QED) is 0.832. The van der Waals surface area contributed by atoms with Crippen molar-refractivity contribution in [3.8, 4) is 0 Å². The van der Waals surface area contributed by atoms with Crippen LogP contribution in [0.15, 0.2) is 0 Å². The highest BCUT2D eigenvalue weighted by Crippen LogP contribution is 2.25. The fourth-order valence-corrected chi connectivity index (χ4v) is 2.08. The molecule has 0 radical (unpaired) electrons. The van der Waals surface area contributed by atoms with Crippen LogP contribution < -0.4 is 5.32 Å². The SMILES string of the molecule is CC(C)N(CC(F)(F)F)C(=O)C1(C)CCCN1. The molecule has 1 saturated heterocycles. The van der Waals surface area contributed by atoms with Crippen molar-refractivity contribution < 1.29 is 18.0 Å². The van der Waals surface area contributed by atoms with Crippen LogP contribution in [0.5, 0.6) is 0 Å². The predicted molar refractivity (Wildman–Crippen MR) is 58.5 cm³/mol. The Hall–Kier alpha value is -0.780. The highest BCUT2D eigenvalue weighted by atomic mass is 19.4. The third-order valence-corrected chi connectivity index (χ3v) is 3.07. The third-order valence-electron chi connectivity index (χ3n) is 3.07. The molecule has 6 heteroatoms. The highest BCUT2D eigenvalue weighted by Gasteiger charge is 2.43. The van der Waals surface area contributed by atoms with E-state index in [1.165, 1.54) is 0 Å². The van der Waals surface area contributed by atoms with Gasteiger partial charge in [0, 0.05) is 6.04 Å². The summed E-state index contributed by atoms with van der Waals surface area (Å²) in [6.45, 7) is 4.37. The maximum atomic E-state index is 12.4. The van der Waals surface area contributed by atoms with Gasteiger partial charge in [-0.05, 0) is 40.2 Å². The van der Waals surface area contributed by atoms with Crippen molar-refractivity contribution in [2.45, 2.75) is 51.4 Å². The maximum absolute atomic E-state index is 12.4. The lowest BCUT2D eigenvalue weighted by Crippen LogP contribution is -2.56. The molecule has 100 valence electrons. The molecule has 1 atom stereocenters. The summed E-state index contributed by atoms with van der Waals surface area (Å²) in [6, 6.07) is -0.455. The van der Waals surface area contributed by atoms with Crippen molar-refractivity contribution in [3.63, 3.8) is 0 Å². The van der Waals surface area contributed by atoms with Crippen LogP contribution in [-0.2, 0) is 4.79 Å². The molecule has 0 aromatic carbocycles. The Morgan fingerprint density at radius 2 is 2.06 bits per heavy atom. The van der Waals surface area contributed by atoms with Gasteiger partial charge < -0.3 is 10.2 Å². The molecule has 1 fully saturated rings. The van der Waals surface area contributed by atoms with E-state index in [9.17, 15) is 18.0 Å². The van der Waals surface area contributed by atoms with Crippen LogP contribution in [0.1, 0.15) is 33.6 Å². The van der Waals surface area contributed by atoms with E-state index < -0.39 is 30.2 Å². The molecular weight excluding hydrogens is 233 g/mol. The second-order valence-corrected chi connectivity index (χ2v) is 5.00. The zero-order valence-corrected chi connectivity index (χ0v) is 10.4. The summed E-state index contributed by atoms with van der Waals surface area (Å²) in [5.41, 5.74) is -0.838. The van der Waals surface area contributed by atoms with Gasteiger partial charge in [-0.2, -0.15) is 13.2 Å². The summed E-state index contributed by atoms with van der Waals surface area (Å²) in [5.74, 6) is -0.456. The Bertz CT molecular complexity index is 283. The van der Waals surface area contributed by atoms with Crippen LogP contribution in [0.4, 0.5) is 13.2 Å². The number of nitrogens with zero attached hydrogens (tertiary/aromatic N) is 1. The summed E-state index contributed by atoms with van der Waals surface area (Å²) < 4.78 is 37.3. The summed E-state index contributed by atoms with van der Waals surface area (Å²) in [7, 11) is 0. The molecule has 1 aliphatic heterocycles. The molecule has 17 heavy (non-hydrogen) atoms. The van der Waals surface area contributed by atoms with E-state index in [0.717, 1.165) is 11.3 Å². The first-order valence-corrected chi connectivity index (χ1v) is 5.78. The molecule has 0 aliphatic carbocycles. The standard InChI is InChI=1S/C11H19F3N2O/c1-8(2)16(7-11(12,13)14)9(17)10(3)5-4-6-15-10/h8,15H,4-7H2,1-3H3. The van der Waals surface area contributed by atoms with Crippen LogP contribution in [-0.4, -0.2) is 41.7 Å². The van der Waals surface area contributed by atoms with Crippen molar-refractivity contribution in [3.05, 3.63) is 0 Å². The minimum absolute atomic E-state index is 0.455. The highest BCUT2D eigenvalue weighted by molar-refractivity contribution is 5.86. The number of alkyl halides is 3. The third kappa shape index (κ3) is 3.59. The normalized spacial score (nSPS) is 25.4. The van der Waals surface area contributed by atoms with Crippen molar-refractivity contribution in [2.24, 2.45) is 0 Å². The Labute approximate surface area is 99.4 Å². The number of halogens is 3. The molecule has 1 N–H and O–H groups in total. The number of rotatable bonds is 3. The Kier molecular flexibility index (Phi) is 4.06. The largest absolute Gasteiger partial charge is 0.406 e. The second kappa shape index (κ2) is 4.84. The van der Waals surface area contributed by atoms with Gasteiger partial charge in [0.2, 0.25) is 5.91 Å². The molecule has 1 heterocycles. The van der Waals surface area contributed by atoms with Gasteiger partial charge in [-0.1, -0.05) is 0 Å². The van der Waals surface area contributed by atoms with Crippen molar-refractivity contribution >= 4 is 5.91 Å². The van der Waals surface area contributed by atoms with Gasteiger partial charge in [0.25, 0.3) is 0 Å². The molecule has 1 aliphatic rings. The first-order valence-electron chi connectivity index (χ1n) is 5.78. The first kappa shape index (κ1) is 14.3. The predicted octanol–water partition coefficient (Wildman–Crippen LogP) is 1.93. The topological polar surface area (TPSA) is 32.3 Å². The lowest BCUT2D eigenvalue weighted by Gasteiger charge is -2.35. The molecule has 0 saturated carbocycles. The van der Waals surface area contributed by atoms with Crippen molar-refractivity contribution in [1.29, 1.82) is 0 Å². The maximum Gasteiger partial charge on any atom is 0.406 e. The molecular formula is C11H19F3N2O. The lowest BCUT2D eigenvalue weighted by atomic mass is 9.97. The smallest absolute Gasteiger partial charge is 0.330 e. The monoisotopic (exact) mass is 252 g/mol. The number of hydrogen-bond donors (Lipinski definition) is 1. The summed E-state index contributed by atoms with van der Waals surface area (Å²) in [4.78, 5) is 13.1. The molecule has 0 aromatic heterocycles. The minimum atomic E-state index is -4.35. The molecule has 3 nitrogen and oxygen atoms in total. The van der Waals surface area contributed by atoms with Crippen LogP contribution >= 0.6 is 0 Å². The Morgan fingerprint density at radius 3 is 2.41 bits per heavy atom. The molecule has 0 aromatic rings. The van der Waals surface area contributed by atoms with Gasteiger partial charge in [0.1, 0.15) is 6.54 Å². The van der Waals surface area contributed by atoms with E-state index in [-0.39, 0.29) is 0 Å². The molecule has 1 amide bonds. The number of carbonyl (C=O) groups is 1. The molecule has 1 unspecified atom stereocenters. The van der Waals surface area contributed by atoms with Gasteiger partial charge in [0.15, 0.2) is 0 Å². The fraction of sp³-hybridized carbons (Fsp3) is 0.909. The van der Waals surface area contributed by atoms with Gasteiger partial charge in [-0.15, -0.1) is 0 Å². The first-order chi connectivity index (χ1) is 7.66. The van der Waals surface area contributed by atoms with E-state index in [4.69, 9.17) is 0 Å². The van der Waals surface area contributed by atoms with E-state index >= 15 is 0 Å². The van der Waals surface area contributed by atoms with Gasteiger partial charge in [-0.25, -0.2) is 0 Å². The fourth-order valence-electron chi connectivity index (χ4n) is 2.08. The minimum Gasteiger partial charge on any atom is -0.330 e. The number of nitrogens with one attached hydrogen (secondary N) is 1. The van der Waals surface area contributed by atoms with Gasteiger partial charge >= 0.3 is 6.18 Å². The van der Waals surface area contributed by atoms with Crippen molar-refractivity contribution in [2.75, 3.05) is 13.1 Å². The van der Waals surface area contributed by atoms with Crippen LogP contribution in [0.2, 0.25) is 0 Å². The lowest BCUT2D eigenvalue weighted by molar-refractivity contribution is -0.168. The zero-order valence-electron chi connectivity index (χ0n) is 10.4. The summed E-state index contributed by atoms with van der Waals surface area (Å²) in [5, 5.41) is 3.00. The Balaban J connectivity index is 2.80. The average molecular weight is 252 g/mol. The van der Waals surface area contributed by atoms with Crippen LogP contribution in [0, 0.1) is 0 Å². The molecule has 0 bridgehead atoms. The van der Waals surface area contributed by atoms with Crippen LogP contribution in [0.25, 0.3) is 0 Å². The number of amides is 1. The Morgan fingerprint density at radius 1 is 1.47 bits per heavy atom.